The molecule has 3 heterocycles. The number of carbonyl (C=O) groups excluding carboxylic acids is 1. The maximum absolute atomic E-state index is 12.8. The third-order valence-electron chi connectivity index (χ3n) is 4.97. The van der Waals surface area contributed by atoms with E-state index in [4.69, 9.17) is 4.42 Å². The van der Waals surface area contributed by atoms with Gasteiger partial charge in [-0.3, -0.25) is 4.79 Å². The Labute approximate surface area is 172 Å². The number of hydrogen-bond acceptors (Lipinski definition) is 5. The van der Waals surface area contributed by atoms with Gasteiger partial charge in [-0.15, -0.1) is 10.2 Å². The molecule has 4 rings (SSSR count). The van der Waals surface area contributed by atoms with Crippen molar-refractivity contribution in [2.75, 3.05) is 23.3 Å². The molecular formula is C21H21BrN4O2. The molecule has 1 aliphatic heterocycles. The van der Waals surface area contributed by atoms with Crippen molar-refractivity contribution in [3.8, 4) is 11.5 Å². The summed E-state index contributed by atoms with van der Waals surface area (Å²) in [6, 6.07) is 13.4. The molecule has 1 N–H and O–H groups in total. The smallest absolute Gasteiger partial charge is 0.229 e. The highest BCUT2D eigenvalue weighted by Gasteiger charge is 2.27. The van der Waals surface area contributed by atoms with Crippen LogP contribution in [-0.4, -0.2) is 29.2 Å². The predicted molar refractivity (Wildman–Crippen MR) is 112 cm³/mol. The van der Waals surface area contributed by atoms with Crippen molar-refractivity contribution in [1.29, 1.82) is 0 Å². The van der Waals surface area contributed by atoms with Crippen LogP contribution in [0.1, 0.15) is 18.4 Å². The van der Waals surface area contributed by atoms with Crippen molar-refractivity contribution in [2.45, 2.75) is 19.8 Å². The lowest BCUT2D eigenvalue weighted by Gasteiger charge is -2.32. The second-order valence-corrected chi connectivity index (χ2v) is 7.85. The van der Waals surface area contributed by atoms with Crippen molar-refractivity contribution >= 4 is 33.3 Å². The van der Waals surface area contributed by atoms with Gasteiger partial charge in [0, 0.05) is 23.2 Å². The highest BCUT2D eigenvalue weighted by Crippen LogP contribution is 2.25. The van der Waals surface area contributed by atoms with Gasteiger partial charge in [-0.25, -0.2) is 0 Å². The number of amides is 1. The van der Waals surface area contributed by atoms with E-state index in [0.29, 0.717) is 18.0 Å². The molecule has 2 aromatic heterocycles. The zero-order chi connectivity index (χ0) is 19.5. The number of aryl methyl sites for hydroxylation is 1. The Balaban J connectivity index is 1.42. The molecule has 28 heavy (non-hydrogen) atoms. The summed E-state index contributed by atoms with van der Waals surface area (Å²) < 4.78 is 6.39. The van der Waals surface area contributed by atoms with Crippen LogP contribution in [0.4, 0.5) is 11.5 Å². The van der Waals surface area contributed by atoms with Gasteiger partial charge in [0.1, 0.15) is 5.69 Å². The molecule has 1 aliphatic rings. The zero-order valence-corrected chi connectivity index (χ0v) is 17.1. The molecule has 0 bridgehead atoms. The maximum Gasteiger partial charge on any atom is 0.229 e. The first-order valence-corrected chi connectivity index (χ1v) is 10.1. The van der Waals surface area contributed by atoms with E-state index >= 15 is 0 Å². The second-order valence-electron chi connectivity index (χ2n) is 6.99. The van der Waals surface area contributed by atoms with Gasteiger partial charge >= 0.3 is 0 Å². The first kappa shape index (κ1) is 18.7. The molecule has 0 saturated carbocycles. The van der Waals surface area contributed by atoms with Crippen molar-refractivity contribution < 1.29 is 9.21 Å². The summed E-state index contributed by atoms with van der Waals surface area (Å²) >= 11 is 3.49. The van der Waals surface area contributed by atoms with E-state index in [1.165, 1.54) is 0 Å². The van der Waals surface area contributed by atoms with Gasteiger partial charge in [0.05, 0.1) is 12.2 Å². The zero-order valence-electron chi connectivity index (χ0n) is 15.6. The highest BCUT2D eigenvalue weighted by atomic mass is 79.9. The van der Waals surface area contributed by atoms with Crippen LogP contribution >= 0.6 is 15.9 Å². The summed E-state index contributed by atoms with van der Waals surface area (Å²) in [4.78, 5) is 14.9. The number of nitrogens with one attached hydrogen (secondary N) is 1. The fourth-order valence-corrected chi connectivity index (χ4v) is 3.66. The van der Waals surface area contributed by atoms with Crippen molar-refractivity contribution in [3.63, 3.8) is 0 Å². The average Bonchev–Trinajstić information content (AvgIpc) is 3.26. The lowest BCUT2D eigenvalue weighted by molar-refractivity contribution is -0.120. The van der Waals surface area contributed by atoms with Crippen LogP contribution in [0, 0.1) is 12.8 Å². The molecular weight excluding hydrogens is 420 g/mol. The number of nitrogens with zero attached hydrogens (tertiary/aromatic N) is 3. The average molecular weight is 441 g/mol. The minimum absolute atomic E-state index is 0.0478. The number of aromatic nitrogens is 2. The van der Waals surface area contributed by atoms with E-state index in [-0.39, 0.29) is 11.8 Å². The fraction of sp³-hybridized carbons (Fsp3) is 0.286. The molecule has 144 valence electrons. The minimum Gasteiger partial charge on any atom is -0.463 e. The topological polar surface area (TPSA) is 71.3 Å². The molecule has 0 radical (unpaired) electrons. The van der Waals surface area contributed by atoms with Crippen LogP contribution in [0.25, 0.3) is 11.5 Å². The molecule has 1 unspecified atom stereocenters. The summed E-state index contributed by atoms with van der Waals surface area (Å²) in [5.74, 6) is 1.45. The number of hydrogen-bond donors (Lipinski definition) is 1. The van der Waals surface area contributed by atoms with E-state index < -0.39 is 0 Å². The first-order chi connectivity index (χ1) is 13.6. The molecule has 0 aliphatic carbocycles. The number of benzene rings is 1. The Morgan fingerprint density at radius 3 is 2.86 bits per heavy atom. The normalized spacial score (nSPS) is 16.8. The van der Waals surface area contributed by atoms with Crippen molar-refractivity contribution in [1.82, 2.24) is 10.2 Å². The number of halogens is 1. The van der Waals surface area contributed by atoms with Crippen molar-refractivity contribution in [3.05, 3.63) is 58.8 Å². The minimum atomic E-state index is -0.0794. The van der Waals surface area contributed by atoms with E-state index in [2.05, 4.69) is 36.3 Å². The Bertz CT molecular complexity index is 957. The van der Waals surface area contributed by atoms with Crippen LogP contribution in [-0.2, 0) is 4.79 Å². The van der Waals surface area contributed by atoms with Crippen molar-refractivity contribution in [2.24, 2.45) is 5.92 Å². The highest BCUT2D eigenvalue weighted by molar-refractivity contribution is 9.10. The molecule has 1 amide bonds. The molecule has 1 fully saturated rings. The van der Waals surface area contributed by atoms with E-state index in [0.717, 1.165) is 40.9 Å². The Morgan fingerprint density at radius 2 is 2.14 bits per heavy atom. The number of anilines is 2. The molecule has 1 saturated heterocycles. The van der Waals surface area contributed by atoms with Gasteiger partial charge in [-0.05, 0) is 67.8 Å². The Hall–Kier alpha value is -2.67. The Kier molecular flexibility index (Phi) is 5.43. The largest absolute Gasteiger partial charge is 0.463 e. The van der Waals surface area contributed by atoms with Gasteiger partial charge in [0.2, 0.25) is 5.91 Å². The summed E-state index contributed by atoms with van der Waals surface area (Å²) in [5.41, 5.74) is 2.62. The molecule has 1 aromatic carbocycles. The molecule has 3 aromatic rings. The molecule has 6 nitrogen and oxygen atoms in total. The van der Waals surface area contributed by atoms with E-state index in [1.54, 1.807) is 6.26 Å². The number of carbonyl (C=O) groups is 1. The summed E-state index contributed by atoms with van der Waals surface area (Å²) in [6.45, 7) is 3.51. The van der Waals surface area contributed by atoms with Gasteiger partial charge in [0.25, 0.3) is 0 Å². The van der Waals surface area contributed by atoms with Crippen LogP contribution in [0.15, 0.2) is 57.6 Å². The SMILES string of the molecule is Cc1cc(NC(=O)C2CCCN(c3ccc(-c4ccco4)nn3)C2)ccc1Br. The van der Waals surface area contributed by atoms with E-state index in [1.807, 2.05) is 49.4 Å². The van der Waals surface area contributed by atoms with Crippen LogP contribution in [0.5, 0.6) is 0 Å². The lowest BCUT2D eigenvalue weighted by Crippen LogP contribution is -2.41. The number of furan rings is 1. The second kappa shape index (κ2) is 8.14. The molecule has 0 spiro atoms. The van der Waals surface area contributed by atoms with Crippen LogP contribution < -0.4 is 10.2 Å². The van der Waals surface area contributed by atoms with Crippen LogP contribution in [0.2, 0.25) is 0 Å². The lowest BCUT2D eigenvalue weighted by atomic mass is 9.97. The van der Waals surface area contributed by atoms with Gasteiger partial charge < -0.3 is 14.6 Å². The Morgan fingerprint density at radius 1 is 1.25 bits per heavy atom. The van der Waals surface area contributed by atoms with Crippen LogP contribution in [0.3, 0.4) is 0 Å². The monoisotopic (exact) mass is 440 g/mol. The number of piperidine rings is 1. The van der Waals surface area contributed by atoms with E-state index in [9.17, 15) is 4.79 Å². The summed E-state index contributed by atoms with van der Waals surface area (Å²) in [5, 5.41) is 11.6. The molecule has 1 atom stereocenters. The predicted octanol–water partition coefficient (Wildman–Crippen LogP) is 4.66. The quantitative estimate of drug-likeness (QED) is 0.638. The summed E-state index contributed by atoms with van der Waals surface area (Å²) in [7, 11) is 0. The number of rotatable bonds is 4. The maximum atomic E-state index is 12.8. The van der Waals surface area contributed by atoms with Gasteiger partial charge in [-0.1, -0.05) is 15.9 Å². The first-order valence-electron chi connectivity index (χ1n) is 9.30. The third kappa shape index (κ3) is 4.09. The fourth-order valence-electron chi connectivity index (χ4n) is 3.42. The third-order valence-corrected chi connectivity index (χ3v) is 5.86. The standard InChI is InChI=1S/C21H21BrN4O2/c1-14-12-16(6-7-17(14)22)23-21(27)15-4-2-10-26(13-15)20-9-8-18(24-25-20)19-5-3-11-28-19/h3,5-9,11-12,15H,2,4,10,13H2,1H3,(H,23,27). The van der Waals surface area contributed by atoms with Gasteiger partial charge in [0.15, 0.2) is 11.6 Å². The summed E-state index contributed by atoms with van der Waals surface area (Å²) in [6.07, 6.45) is 3.43. The van der Waals surface area contributed by atoms with Gasteiger partial charge in [-0.2, -0.15) is 0 Å². The molecule has 7 heteroatoms.